The topological polar surface area (TPSA) is 26.0 Å². The average Bonchev–Trinajstić information content (AvgIpc) is 2.36. The van der Waals surface area contributed by atoms with Gasteiger partial charge < -0.3 is 5.73 Å². The van der Waals surface area contributed by atoms with Gasteiger partial charge in [-0.2, -0.15) is 0 Å². The summed E-state index contributed by atoms with van der Waals surface area (Å²) in [5.41, 5.74) is 10.3. The van der Waals surface area contributed by atoms with Crippen molar-refractivity contribution in [2.24, 2.45) is 11.1 Å². The zero-order chi connectivity index (χ0) is 9.47. The van der Waals surface area contributed by atoms with E-state index in [4.69, 9.17) is 5.73 Å². The average molecular weight is 175 g/mol. The Labute approximate surface area is 80.0 Å². The summed E-state index contributed by atoms with van der Waals surface area (Å²) in [4.78, 5) is 0. The van der Waals surface area contributed by atoms with Crippen LogP contribution in [0.25, 0.3) is 0 Å². The second-order valence-corrected chi connectivity index (χ2v) is 4.82. The minimum Gasteiger partial charge on any atom is -0.326 e. The molecule has 0 amide bonds. The molecule has 0 aliphatic heterocycles. The van der Waals surface area contributed by atoms with E-state index in [1.54, 1.807) is 0 Å². The molecule has 2 N–H and O–H groups in total. The smallest absolute Gasteiger partial charge is 0.0178 e. The Morgan fingerprint density at radius 2 is 1.92 bits per heavy atom. The maximum absolute atomic E-state index is 5.61. The Morgan fingerprint density at radius 3 is 2.62 bits per heavy atom. The Morgan fingerprint density at radius 1 is 1.23 bits per heavy atom. The van der Waals surface area contributed by atoms with Crippen LogP contribution in [0.15, 0.2) is 18.2 Å². The molecule has 1 heteroatoms. The van der Waals surface area contributed by atoms with Crippen molar-refractivity contribution in [2.45, 2.75) is 33.2 Å². The SMILES string of the molecule is CC1(C)Cc2ccc(CN)cc2C1. The van der Waals surface area contributed by atoms with Crippen LogP contribution in [-0.4, -0.2) is 0 Å². The van der Waals surface area contributed by atoms with Crippen LogP contribution in [0.3, 0.4) is 0 Å². The number of nitrogens with two attached hydrogens (primary N) is 1. The summed E-state index contributed by atoms with van der Waals surface area (Å²) in [6.07, 6.45) is 2.42. The molecule has 1 aromatic carbocycles. The number of fused-ring (bicyclic) bond motifs is 1. The molecule has 0 saturated heterocycles. The first-order valence-corrected chi connectivity index (χ1v) is 4.91. The third kappa shape index (κ3) is 1.61. The van der Waals surface area contributed by atoms with E-state index >= 15 is 0 Å². The van der Waals surface area contributed by atoms with E-state index < -0.39 is 0 Å². The fraction of sp³-hybridized carbons (Fsp3) is 0.500. The molecule has 0 heterocycles. The van der Waals surface area contributed by atoms with Gasteiger partial charge in [-0.1, -0.05) is 32.0 Å². The molecule has 1 aliphatic rings. The molecule has 0 bridgehead atoms. The lowest BCUT2D eigenvalue weighted by Gasteiger charge is -2.14. The molecule has 13 heavy (non-hydrogen) atoms. The summed E-state index contributed by atoms with van der Waals surface area (Å²) >= 11 is 0. The third-order valence-electron chi connectivity index (χ3n) is 2.84. The van der Waals surface area contributed by atoms with E-state index in [9.17, 15) is 0 Å². The zero-order valence-corrected chi connectivity index (χ0v) is 8.43. The molecule has 0 spiro atoms. The maximum atomic E-state index is 5.61. The second kappa shape index (κ2) is 2.85. The van der Waals surface area contributed by atoms with Gasteiger partial charge in [0.05, 0.1) is 0 Å². The molecule has 0 fully saturated rings. The normalized spacial score (nSPS) is 18.7. The summed E-state index contributed by atoms with van der Waals surface area (Å²) in [6.45, 7) is 5.32. The van der Waals surface area contributed by atoms with Gasteiger partial charge in [-0.25, -0.2) is 0 Å². The lowest BCUT2D eigenvalue weighted by Crippen LogP contribution is -2.09. The van der Waals surface area contributed by atoms with Crippen molar-refractivity contribution in [2.75, 3.05) is 0 Å². The highest BCUT2D eigenvalue weighted by molar-refractivity contribution is 5.37. The van der Waals surface area contributed by atoms with Crippen LogP contribution >= 0.6 is 0 Å². The fourth-order valence-corrected chi connectivity index (χ4v) is 2.24. The zero-order valence-electron chi connectivity index (χ0n) is 8.43. The molecular weight excluding hydrogens is 158 g/mol. The molecule has 0 saturated carbocycles. The van der Waals surface area contributed by atoms with Crippen LogP contribution in [0.5, 0.6) is 0 Å². The molecule has 70 valence electrons. The second-order valence-electron chi connectivity index (χ2n) is 4.82. The monoisotopic (exact) mass is 175 g/mol. The molecule has 0 radical (unpaired) electrons. The summed E-state index contributed by atoms with van der Waals surface area (Å²) in [5, 5.41) is 0. The van der Waals surface area contributed by atoms with E-state index in [0.29, 0.717) is 12.0 Å². The largest absolute Gasteiger partial charge is 0.326 e. The van der Waals surface area contributed by atoms with Gasteiger partial charge in [-0.3, -0.25) is 0 Å². The van der Waals surface area contributed by atoms with Crippen molar-refractivity contribution in [3.63, 3.8) is 0 Å². The first-order valence-electron chi connectivity index (χ1n) is 4.91. The van der Waals surface area contributed by atoms with Crippen LogP contribution in [-0.2, 0) is 19.4 Å². The molecule has 0 aromatic heterocycles. The molecule has 0 atom stereocenters. The Hall–Kier alpha value is -0.820. The number of hydrogen-bond acceptors (Lipinski definition) is 1. The summed E-state index contributed by atoms with van der Waals surface area (Å²) < 4.78 is 0. The standard InChI is InChI=1S/C12H17N/c1-12(2)6-10-4-3-9(8-13)5-11(10)7-12/h3-5H,6-8,13H2,1-2H3. The van der Waals surface area contributed by atoms with Crippen LogP contribution in [0, 0.1) is 5.41 Å². The van der Waals surface area contributed by atoms with E-state index in [1.165, 1.54) is 29.5 Å². The first kappa shape index (κ1) is 8.76. The molecule has 0 unspecified atom stereocenters. The van der Waals surface area contributed by atoms with Gasteiger partial charge >= 0.3 is 0 Å². The Bertz CT molecular complexity index is 326. The summed E-state index contributed by atoms with van der Waals surface area (Å²) in [5.74, 6) is 0. The van der Waals surface area contributed by atoms with Crippen molar-refractivity contribution in [1.29, 1.82) is 0 Å². The minimum atomic E-state index is 0.454. The Kier molecular flexibility index (Phi) is 1.92. The van der Waals surface area contributed by atoms with E-state index in [2.05, 4.69) is 32.0 Å². The van der Waals surface area contributed by atoms with Crippen molar-refractivity contribution in [3.05, 3.63) is 34.9 Å². The molecular formula is C12H17N. The predicted molar refractivity (Wildman–Crippen MR) is 55.5 cm³/mol. The lowest BCUT2D eigenvalue weighted by molar-refractivity contribution is 0.392. The fourth-order valence-electron chi connectivity index (χ4n) is 2.24. The van der Waals surface area contributed by atoms with Crippen molar-refractivity contribution in [3.8, 4) is 0 Å². The minimum absolute atomic E-state index is 0.454. The predicted octanol–water partition coefficient (Wildman–Crippen LogP) is 2.27. The van der Waals surface area contributed by atoms with Crippen molar-refractivity contribution < 1.29 is 0 Å². The quantitative estimate of drug-likeness (QED) is 0.696. The van der Waals surface area contributed by atoms with Crippen LogP contribution in [0.1, 0.15) is 30.5 Å². The lowest BCUT2D eigenvalue weighted by atomic mass is 9.90. The third-order valence-corrected chi connectivity index (χ3v) is 2.84. The van der Waals surface area contributed by atoms with Gasteiger partial charge in [0.1, 0.15) is 0 Å². The summed E-state index contributed by atoms with van der Waals surface area (Å²) in [7, 11) is 0. The molecule has 1 aromatic rings. The van der Waals surface area contributed by atoms with E-state index in [0.717, 1.165) is 0 Å². The van der Waals surface area contributed by atoms with Gasteiger partial charge in [0, 0.05) is 6.54 Å². The van der Waals surface area contributed by atoms with E-state index in [1.807, 2.05) is 0 Å². The maximum Gasteiger partial charge on any atom is 0.0178 e. The van der Waals surface area contributed by atoms with E-state index in [-0.39, 0.29) is 0 Å². The number of benzene rings is 1. The number of hydrogen-bond donors (Lipinski definition) is 1. The molecule has 2 rings (SSSR count). The van der Waals surface area contributed by atoms with Crippen molar-refractivity contribution >= 4 is 0 Å². The highest BCUT2D eigenvalue weighted by Gasteiger charge is 2.27. The molecule has 1 nitrogen and oxygen atoms in total. The number of rotatable bonds is 1. The van der Waals surface area contributed by atoms with Gasteiger partial charge in [-0.05, 0) is 34.9 Å². The first-order chi connectivity index (χ1) is 6.11. The van der Waals surface area contributed by atoms with Gasteiger partial charge in [-0.15, -0.1) is 0 Å². The highest BCUT2D eigenvalue weighted by Crippen LogP contribution is 2.36. The Balaban J connectivity index is 2.36. The van der Waals surface area contributed by atoms with Gasteiger partial charge in [0.25, 0.3) is 0 Å². The summed E-state index contributed by atoms with van der Waals surface area (Å²) in [6, 6.07) is 6.66. The van der Waals surface area contributed by atoms with Gasteiger partial charge in [0.15, 0.2) is 0 Å². The van der Waals surface area contributed by atoms with Crippen molar-refractivity contribution in [1.82, 2.24) is 0 Å². The van der Waals surface area contributed by atoms with Crippen LogP contribution < -0.4 is 5.73 Å². The highest BCUT2D eigenvalue weighted by atomic mass is 14.5. The van der Waals surface area contributed by atoms with Crippen LogP contribution in [0.2, 0.25) is 0 Å². The van der Waals surface area contributed by atoms with Gasteiger partial charge in [0.2, 0.25) is 0 Å². The van der Waals surface area contributed by atoms with Crippen LogP contribution in [0.4, 0.5) is 0 Å². The molecule has 1 aliphatic carbocycles.